The van der Waals surface area contributed by atoms with Gasteiger partial charge in [-0.25, -0.2) is 0 Å². The zero-order valence-corrected chi connectivity index (χ0v) is 12.5. The van der Waals surface area contributed by atoms with Crippen LogP contribution in [0.4, 0.5) is 0 Å². The van der Waals surface area contributed by atoms with Crippen molar-refractivity contribution >= 4 is 15.9 Å². The topological polar surface area (TPSA) is 32.3 Å². The van der Waals surface area contributed by atoms with Gasteiger partial charge >= 0.3 is 0 Å². The van der Waals surface area contributed by atoms with Crippen molar-refractivity contribution in [1.82, 2.24) is 5.32 Å². The average Bonchev–Trinajstić information content (AvgIpc) is 2.38. The molecule has 19 heavy (non-hydrogen) atoms. The summed E-state index contributed by atoms with van der Waals surface area (Å²) < 4.78 is 1.11. The predicted molar refractivity (Wildman–Crippen MR) is 82.5 cm³/mol. The standard InChI is InChI=1S/C16H18BrNO/c1-18-15(9-12-4-2-6-14(17)8-12)10-13-5-3-7-16(19)11-13/h2-8,11,15,18-19H,9-10H2,1H3. The van der Waals surface area contributed by atoms with E-state index in [0.717, 1.165) is 22.9 Å². The number of aromatic hydroxyl groups is 1. The Bertz CT molecular complexity index is 494. The van der Waals surface area contributed by atoms with E-state index in [-0.39, 0.29) is 0 Å². The van der Waals surface area contributed by atoms with Gasteiger partial charge in [0.1, 0.15) is 5.75 Å². The SMILES string of the molecule is CNC(Cc1cccc(O)c1)Cc1cccc(Br)c1. The monoisotopic (exact) mass is 319 g/mol. The molecule has 1 unspecified atom stereocenters. The van der Waals surface area contributed by atoms with Crippen LogP contribution in [0.3, 0.4) is 0 Å². The summed E-state index contributed by atoms with van der Waals surface area (Å²) in [5.41, 5.74) is 2.45. The van der Waals surface area contributed by atoms with Crippen LogP contribution in [-0.4, -0.2) is 18.2 Å². The molecular weight excluding hydrogens is 302 g/mol. The number of phenols is 1. The molecule has 0 amide bonds. The molecule has 2 rings (SSSR count). The van der Waals surface area contributed by atoms with Gasteiger partial charge in [-0.15, -0.1) is 0 Å². The largest absolute Gasteiger partial charge is 0.508 e. The summed E-state index contributed by atoms with van der Waals surface area (Å²) in [5.74, 6) is 0.329. The summed E-state index contributed by atoms with van der Waals surface area (Å²) in [4.78, 5) is 0. The molecule has 0 aromatic heterocycles. The maximum atomic E-state index is 9.50. The van der Waals surface area contributed by atoms with Gasteiger partial charge in [-0.2, -0.15) is 0 Å². The molecule has 0 saturated heterocycles. The van der Waals surface area contributed by atoms with E-state index in [9.17, 15) is 5.11 Å². The molecule has 3 heteroatoms. The van der Waals surface area contributed by atoms with E-state index in [0.29, 0.717) is 11.8 Å². The molecule has 2 nitrogen and oxygen atoms in total. The number of likely N-dealkylation sites (N-methyl/N-ethyl adjacent to an activating group) is 1. The molecule has 2 aromatic carbocycles. The van der Waals surface area contributed by atoms with E-state index in [1.807, 2.05) is 31.3 Å². The first-order valence-electron chi connectivity index (χ1n) is 6.37. The zero-order chi connectivity index (χ0) is 13.7. The van der Waals surface area contributed by atoms with E-state index in [4.69, 9.17) is 0 Å². The highest BCUT2D eigenvalue weighted by Crippen LogP contribution is 2.16. The van der Waals surface area contributed by atoms with Crippen molar-refractivity contribution in [2.75, 3.05) is 7.05 Å². The van der Waals surface area contributed by atoms with E-state index >= 15 is 0 Å². The van der Waals surface area contributed by atoms with Gasteiger partial charge in [0.15, 0.2) is 0 Å². The number of benzene rings is 2. The van der Waals surface area contributed by atoms with Gasteiger partial charge in [0.05, 0.1) is 0 Å². The molecule has 0 radical (unpaired) electrons. The van der Waals surface area contributed by atoms with Gasteiger partial charge in [-0.05, 0) is 55.3 Å². The van der Waals surface area contributed by atoms with Gasteiger partial charge in [0.2, 0.25) is 0 Å². The quantitative estimate of drug-likeness (QED) is 0.883. The summed E-state index contributed by atoms with van der Waals surface area (Å²) >= 11 is 3.50. The number of hydrogen-bond acceptors (Lipinski definition) is 2. The fourth-order valence-corrected chi connectivity index (χ4v) is 2.64. The Hall–Kier alpha value is -1.32. The fraction of sp³-hybridized carbons (Fsp3) is 0.250. The summed E-state index contributed by atoms with van der Waals surface area (Å²) in [6, 6.07) is 16.2. The lowest BCUT2D eigenvalue weighted by atomic mass is 9.99. The lowest BCUT2D eigenvalue weighted by Crippen LogP contribution is -2.29. The van der Waals surface area contributed by atoms with Gasteiger partial charge in [-0.1, -0.05) is 40.2 Å². The van der Waals surface area contributed by atoms with Crippen LogP contribution in [0, 0.1) is 0 Å². The Labute approximate surface area is 122 Å². The van der Waals surface area contributed by atoms with Crippen LogP contribution < -0.4 is 5.32 Å². The normalized spacial score (nSPS) is 12.3. The van der Waals surface area contributed by atoms with Crippen molar-refractivity contribution in [3.63, 3.8) is 0 Å². The number of rotatable bonds is 5. The maximum absolute atomic E-state index is 9.50. The average molecular weight is 320 g/mol. The molecular formula is C16H18BrNO. The maximum Gasteiger partial charge on any atom is 0.115 e. The number of phenolic OH excluding ortho intramolecular Hbond substituents is 1. The molecule has 100 valence electrons. The van der Waals surface area contributed by atoms with Crippen LogP contribution in [0.2, 0.25) is 0 Å². The number of halogens is 1. The Morgan fingerprint density at radius 2 is 1.68 bits per heavy atom. The molecule has 2 aromatic rings. The van der Waals surface area contributed by atoms with Crippen molar-refractivity contribution in [3.8, 4) is 5.75 Å². The highest BCUT2D eigenvalue weighted by molar-refractivity contribution is 9.10. The van der Waals surface area contributed by atoms with Crippen molar-refractivity contribution in [2.45, 2.75) is 18.9 Å². The lowest BCUT2D eigenvalue weighted by molar-refractivity contribution is 0.473. The molecule has 1 atom stereocenters. The van der Waals surface area contributed by atoms with Crippen LogP contribution >= 0.6 is 15.9 Å². The van der Waals surface area contributed by atoms with Gasteiger partial charge < -0.3 is 10.4 Å². The highest BCUT2D eigenvalue weighted by Gasteiger charge is 2.09. The Balaban J connectivity index is 2.04. The minimum atomic E-state index is 0.329. The minimum Gasteiger partial charge on any atom is -0.508 e. The molecule has 0 fully saturated rings. The van der Waals surface area contributed by atoms with Crippen molar-refractivity contribution in [2.24, 2.45) is 0 Å². The third kappa shape index (κ3) is 4.37. The fourth-order valence-electron chi connectivity index (χ4n) is 2.19. The summed E-state index contributed by atoms with van der Waals surface area (Å²) in [6.45, 7) is 0. The molecule has 0 aliphatic rings. The second kappa shape index (κ2) is 6.73. The minimum absolute atomic E-state index is 0.329. The van der Waals surface area contributed by atoms with Crippen molar-refractivity contribution < 1.29 is 5.11 Å². The van der Waals surface area contributed by atoms with Gasteiger partial charge in [0, 0.05) is 10.5 Å². The second-order valence-electron chi connectivity index (χ2n) is 4.69. The van der Waals surface area contributed by atoms with E-state index in [1.54, 1.807) is 6.07 Å². The lowest BCUT2D eigenvalue weighted by Gasteiger charge is -2.16. The van der Waals surface area contributed by atoms with Crippen LogP contribution in [0.1, 0.15) is 11.1 Å². The smallest absolute Gasteiger partial charge is 0.115 e. The Kier molecular flexibility index (Phi) is 5.00. The molecule has 0 spiro atoms. The van der Waals surface area contributed by atoms with E-state index in [2.05, 4.69) is 39.4 Å². The zero-order valence-electron chi connectivity index (χ0n) is 10.9. The van der Waals surface area contributed by atoms with E-state index in [1.165, 1.54) is 5.56 Å². The third-order valence-electron chi connectivity index (χ3n) is 3.17. The second-order valence-corrected chi connectivity index (χ2v) is 5.61. The molecule has 0 aliphatic carbocycles. The van der Waals surface area contributed by atoms with Crippen molar-refractivity contribution in [1.29, 1.82) is 0 Å². The van der Waals surface area contributed by atoms with Crippen LogP contribution in [0.15, 0.2) is 53.0 Å². The first-order valence-corrected chi connectivity index (χ1v) is 7.16. The molecule has 0 bridgehead atoms. The number of hydrogen-bond donors (Lipinski definition) is 2. The Morgan fingerprint density at radius 3 is 2.26 bits per heavy atom. The van der Waals surface area contributed by atoms with Gasteiger partial charge in [-0.3, -0.25) is 0 Å². The Morgan fingerprint density at radius 1 is 1.05 bits per heavy atom. The number of nitrogens with one attached hydrogen (secondary N) is 1. The summed E-state index contributed by atoms with van der Waals surface area (Å²) in [7, 11) is 1.98. The van der Waals surface area contributed by atoms with Crippen LogP contribution in [0.5, 0.6) is 5.75 Å². The van der Waals surface area contributed by atoms with Crippen LogP contribution in [-0.2, 0) is 12.8 Å². The predicted octanol–water partition coefficient (Wildman–Crippen LogP) is 3.53. The summed E-state index contributed by atoms with van der Waals surface area (Å²) in [5, 5.41) is 12.8. The van der Waals surface area contributed by atoms with Crippen molar-refractivity contribution in [3.05, 3.63) is 64.1 Å². The first-order chi connectivity index (χ1) is 9.17. The first kappa shape index (κ1) is 14.1. The van der Waals surface area contributed by atoms with Crippen LogP contribution in [0.25, 0.3) is 0 Å². The molecule has 0 aliphatic heterocycles. The molecule has 2 N–H and O–H groups in total. The van der Waals surface area contributed by atoms with Gasteiger partial charge in [0.25, 0.3) is 0 Å². The highest BCUT2D eigenvalue weighted by atomic mass is 79.9. The molecule has 0 heterocycles. The third-order valence-corrected chi connectivity index (χ3v) is 3.67. The molecule has 0 saturated carbocycles. The summed E-state index contributed by atoms with van der Waals surface area (Å²) in [6.07, 6.45) is 1.86. The van der Waals surface area contributed by atoms with E-state index < -0.39 is 0 Å².